The van der Waals surface area contributed by atoms with Crippen LogP contribution in [0, 0.1) is 11.3 Å². The quantitative estimate of drug-likeness (QED) is 0.386. The molecule has 0 aliphatic heterocycles. The fraction of sp³-hybridized carbons (Fsp3) is 0.250. The lowest BCUT2D eigenvalue weighted by Crippen LogP contribution is -2.24. The summed E-state index contributed by atoms with van der Waals surface area (Å²) >= 11 is 0. The van der Waals surface area contributed by atoms with E-state index in [9.17, 15) is 15.0 Å². The molecule has 0 aliphatic carbocycles. The molecule has 0 heterocycles. The fourth-order valence-corrected chi connectivity index (χ4v) is 1.45. The van der Waals surface area contributed by atoms with Crippen molar-refractivity contribution in [2.75, 3.05) is 0 Å². The van der Waals surface area contributed by atoms with Crippen LogP contribution in [0.1, 0.15) is 26.3 Å². The van der Waals surface area contributed by atoms with E-state index >= 15 is 0 Å². The van der Waals surface area contributed by atoms with Gasteiger partial charge in [0, 0.05) is 6.07 Å². The predicted octanol–water partition coefficient (Wildman–Crippen LogP) is 2.90. The molecule has 0 aromatic heterocycles. The average molecular weight is 287 g/mol. The van der Waals surface area contributed by atoms with Gasteiger partial charge in [-0.3, -0.25) is 0 Å². The van der Waals surface area contributed by atoms with Gasteiger partial charge in [-0.15, -0.1) is 0 Å². The number of allylic oxidation sites excluding steroid dienone is 2. The molecule has 0 atom stereocenters. The van der Waals surface area contributed by atoms with E-state index in [1.54, 1.807) is 32.9 Å². The lowest BCUT2D eigenvalue weighted by Gasteiger charge is -2.18. The number of nitrogens with zero attached hydrogens (tertiary/aromatic N) is 1. The first kappa shape index (κ1) is 16.3. The van der Waals surface area contributed by atoms with Crippen molar-refractivity contribution in [1.82, 2.24) is 0 Å². The molecule has 5 heteroatoms. The van der Waals surface area contributed by atoms with Crippen molar-refractivity contribution < 1.29 is 19.7 Å². The molecule has 1 rings (SSSR count). The van der Waals surface area contributed by atoms with Gasteiger partial charge in [0.25, 0.3) is 0 Å². The number of carbonyl (C=O) groups excluding carboxylic acids is 1. The molecule has 110 valence electrons. The summed E-state index contributed by atoms with van der Waals surface area (Å²) in [7, 11) is 0. The van der Waals surface area contributed by atoms with E-state index < -0.39 is 11.6 Å². The molecule has 0 saturated carbocycles. The van der Waals surface area contributed by atoms with Gasteiger partial charge in [-0.25, -0.2) is 4.79 Å². The number of aromatic hydroxyl groups is 2. The Morgan fingerprint density at radius 3 is 2.29 bits per heavy atom. The van der Waals surface area contributed by atoms with Crippen molar-refractivity contribution in [2.45, 2.75) is 26.4 Å². The second-order valence-corrected chi connectivity index (χ2v) is 5.34. The number of phenols is 2. The molecule has 0 aliphatic rings. The van der Waals surface area contributed by atoms with Gasteiger partial charge >= 0.3 is 5.97 Å². The highest BCUT2D eigenvalue weighted by Gasteiger charge is 2.19. The van der Waals surface area contributed by atoms with Crippen LogP contribution in [-0.2, 0) is 9.53 Å². The summed E-state index contributed by atoms with van der Waals surface area (Å²) in [6.07, 6.45) is 4.33. The number of phenolic OH excluding ortho intramolecular Hbond substituents is 2. The van der Waals surface area contributed by atoms with E-state index in [1.165, 1.54) is 30.4 Å². The smallest absolute Gasteiger partial charge is 0.349 e. The summed E-state index contributed by atoms with van der Waals surface area (Å²) in [6.45, 7) is 5.14. The maximum absolute atomic E-state index is 11.7. The molecular formula is C16H17NO4. The van der Waals surface area contributed by atoms with E-state index in [0.717, 1.165) is 0 Å². The number of rotatable bonds is 3. The van der Waals surface area contributed by atoms with Crippen LogP contribution in [0.25, 0.3) is 6.08 Å². The van der Waals surface area contributed by atoms with Crippen molar-refractivity contribution in [3.63, 3.8) is 0 Å². The van der Waals surface area contributed by atoms with E-state index in [-0.39, 0.29) is 17.1 Å². The van der Waals surface area contributed by atoms with Crippen molar-refractivity contribution in [1.29, 1.82) is 5.26 Å². The molecule has 0 fully saturated rings. The Morgan fingerprint density at radius 2 is 1.81 bits per heavy atom. The first-order valence-electron chi connectivity index (χ1n) is 6.26. The maximum Gasteiger partial charge on any atom is 0.349 e. The van der Waals surface area contributed by atoms with Gasteiger partial charge in [-0.2, -0.15) is 5.26 Å². The summed E-state index contributed by atoms with van der Waals surface area (Å²) < 4.78 is 5.09. The number of carbonyl (C=O) groups is 1. The molecule has 1 aromatic rings. The summed E-state index contributed by atoms with van der Waals surface area (Å²) in [5, 5.41) is 27.6. The third kappa shape index (κ3) is 5.83. The third-order valence-electron chi connectivity index (χ3n) is 2.22. The summed E-state index contributed by atoms with van der Waals surface area (Å²) in [5.74, 6) is -0.856. The molecule has 5 nitrogen and oxygen atoms in total. The van der Waals surface area contributed by atoms with Crippen LogP contribution < -0.4 is 0 Å². The standard InChI is InChI=1S/C16H17NO4/c1-16(2,3)21-15(20)12(10-17)6-4-5-11-7-13(18)9-14(19)8-11/h4-9,18-19H,1-3H3/b5-4+,12-6+. The number of ether oxygens (including phenoxy) is 1. The molecule has 0 unspecified atom stereocenters. The Balaban J connectivity index is 2.88. The molecule has 0 spiro atoms. The molecule has 0 bridgehead atoms. The van der Waals surface area contributed by atoms with E-state index in [0.29, 0.717) is 5.56 Å². The van der Waals surface area contributed by atoms with Gasteiger partial charge in [0.05, 0.1) is 0 Å². The molecule has 0 amide bonds. The Bertz CT molecular complexity index is 610. The van der Waals surface area contributed by atoms with Crippen LogP contribution in [-0.4, -0.2) is 21.8 Å². The van der Waals surface area contributed by atoms with Crippen LogP contribution in [0.4, 0.5) is 0 Å². The van der Waals surface area contributed by atoms with E-state index in [1.807, 2.05) is 0 Å². The Morgan fingerprint density at radius 1 is 1.24 bits per heavy atom. The minimum atomic E-state index is -0.701. The Hall–Kier alpha value is -2.74. The van der Waals surface area contributed by atoms with Gasteiger partial charge < -0.3 is 14.9 Å². The van der Waals surface area contributed by atoms with Gasteiger partial charge in [-0.05, 0) is 44.5 Å². The highest BCUT2D eigenvalue weighted by atomic mass is 16.6. The predicted molar refractivity (Wildman–Crippen MR) is 78.3 cm³/mol. The van der Waals surface area contributed by atoms with Gasteiger partial charge in [0.1, 0.15) is 28.7 Å². The monoisotopic (exact) mass is 287 g/mol. The summed E-state index contributed by atoms with van der Waals surface area (Å²) in [4.78, 5) is 11.7. The lowest BCUT2D eigenvalue weighted by molar-refractivity contribution is -0.149. The molecular weight excluding hydrogens is 270 g/mol. The van der Waals surface area contributed by atoms with Crippen molar-refractivity contribution in [3.05, 3.63) is 41.5 Å². The van der Waals surface area contributed by atoms with Gasteiger partial charge in [0.15, 0.2) is 0 Å². The first-order valence-corrected chi connectivity index (χ1v) is 6.26. The van der Waals surface area contributed by atoms with E-state index in [4.69, 9.17) is 10.00 Å². The van der Waals surface area contributed by atoms with Crippen molar-refractivity contribution in [2.24, 2.45) is 0 Å². The maximum atomic E-state index is 11.7. The zero-order chi connectivity index (χ0) is 16.0. The van der Waals surface area contributed by atoms with Crippen LogP contribution in [0.15, 0.2) is 35.9 Å². The summed E-state index contributed by atoms with van der Waals surface area (Å²) in [6, 6.07) is 5.84. The Kier molecular flexibility index (Phi) is 5.14. The summed E-state index contributed by atoms with van der Waals surface area (Å²) in [5.41, 5.74) is -0.274. The second kappa shape index (κ2) is 6.62. The van der Waals surface area contributed by atoms with Crippen LogP contribution in [0.2, 0.25) is 0 Å². The first-order chi connectivity index (χ1) is 9.71. The largest absolute Gasteiger partial charge is 0.508 e. The normalized spacial score (nSPS) is 12.2. The molecule has 21 heavy (non-hydrogen) atoms. The second-order valence-electron chi connectivity index (χ2n) is 5.34. The van der Waals surface area contributed by atoms with Crippen LogP contribution in [0.5, 0.6) is 11.5 Å². The molecule has 1 aromatic carbocycles. The molecule has 0 saturated heterocycles. The topological polar surface area (TPSA) is 90.6 Å². The highest BCUT2D eigenvalue weighted by molar-refractivity contribution is 5.93. The average Bonchev–Trinajstić information content (AvgIpc) is 2.31. The van der Waals surface area contributed by atoms with Crippen LogP contribution >= 0.6 is 0 Å². The third-order valence-corrected chi connectivity index (χ3v) is 2.22. The van der Waals surface area contributed by atoms with Gasteiger partial charge in [0.2, 0.25) is 0 Å². The lowest BCUT2D eigenvalue weighted by atomic mass is 10.1. The van der Waals surface area contributed by atoms with Crippen molar-refractivity contribution in [3.8, 4) is 17.6 Å². The number of benzene rings is 1. The minimum absolute atomic E-state index is 0.0775. The zero-order valence-electron chi connectivity index (χ0n) is 12.1. The fourth-order valence-electron chi connectivity index (χ4n) is 1.45. The highest BCUT2D eigenvalue weighted by Crippen LogP contribution is 2.21. The number of hydrogen-bond acceptors (Lipinski definition) is 5. The molecule has 0 radical (unpaired) electrons. The Labute approximate surface area is 123 Å². The SMILES string of the molecule is CC(C)(C)OC(=O)/C(C#N)=C/C=C/c1cc(O)cc(O)c1. The zero-order valence-corrected chi connectivity index (χ0v) is 12.1. The number of hydrogen-bond donors (Lipinski definition) is 2. The minimum Gasteiger partial charge on any atom is -0.508 e. The molecule has 2 N–H and O–H groups in total. The van der Waals surface area contributed by atoms with E-state index in [2.05, 4.69) is 0 Å². The number of esters is 1. The van der Waals surface area contributed by atoms with Crippen LogP contribution in [0.3, 0.4) is 0 Å². The number of nitriles is 1. The van der Waals surface area contributed by atoms with Crippen molar-refractivity contribution >= 4 is 12.0 Å². The van der Waals surface area contributed by atoms with Gasteiger partial charge in [-0.1, -0.05) is 12.2 Å².